The Hall–Kier alpha value is -0.770. The SMILES string of the molecule is COC(=O)CCC(=O)O.Cl. The van der Waals surface area contributed by atoms with Crippen molar-refractivity contribution in [1.82, 2.24) is 0 Å². The molecule has 0 unspecified atom stereocenters. The summed E-state index contributed by atoms with van der Waals surface area (Å²) in [5.74, 6) is -1.47. The molecule has 4 nitrogen and oxygen atoms in total. The third-order valence-corrected chi connectivity index (χ3v) is 0.771. The summed E-state index contributed by atoms with van der Waals surface area (Å²) in [6.45, 7) is 0. The van der Waals surface area contributed by atoms with Crippen LogP contribution in [0, 0.1) is 0 Å². The van der Waals surface area contributed by atoms with E-state index in [4.69, 9.17) is 5.11 Å². The van der Waals surface area contributed by atoms with Crippen LogP contribution in [0.15, 0.2) is 0 Å². The smallest absolute Gasteiger partial charge is 0.306 e. The standard InChI is InChI=1S/C5H8O4.ClH/c1-9-5(8)3-2-4(6)7;/h2-3H2,1H3,(H,6,7);1H. The molecule has 0 atom stereocenters. The highest BCUT2D eigenvalue weighted by molar-refractivity contribution is 5.85. The van der Waals surface area contributed by atoms with E-state index in [0.29, 0.717) is 0 Å². The largest absolute Gasteiger partial charge is 0.481 e. The van der Waals surface area contributed by atoms with Crippen molar-refractivity contribution in [2.45, 2.75) is 12.8 Å². The van der Waals surface area contributed by atoms with Gasteiger partial charge in [-0.05, 0) is 0 Å². The molecule has 1 N–H and O–H groups in total. The summed E-state index contributed by atoms with van der Waals surface area (Å²) in [6.07, 6.45) is -0.210. The fourth-order valence-corrected chi connectivity index (χ4v) is 0.311. The molecule has 0 aromatic heterocycles. The zero-order chi connectivity index (χ0) is 7.28. The van der Waals surface area contributed by atoms with E-state index in [1.165, 1.54) is 7.11 Å². The van der Waals surface area contributed by atoms with Gasteiger partial charge < -0.3 is 9.84 Å². The van der Waals surface area contributed by atoms with E-state index in [9.17, 15) is 9.59 Å². The fraction of sp³-hybridized carbons (Fsp3) is 0.600. The van der Waals surface area contributed by atoms with Crippen molar-refractivity contribution in [1.29, 1.82) is 0 Å². The first-order chi connectivity index (χ1) is 4.16. The predicted molar refractivity (Wildman–Crippen MR) is 36.1 cm³/mol. The lowest BCUT2D eigenvalue weighted by Gasteiger charge is -1.92. The summed E-state index contributed by atoms with van der Waals surface area (Å²) in [6, 6.07) is 0. The molecule has 5 heteroatoms. The molecular weight excluding hydrogens is 160 g/mol. The maximum absolute atomic E-state index is 10.2. The number of hydrogen-bond acceptors (Lipinski definition) is 3. The van der Waals surface area contributed by atoms with Crippen molar-refractivity contribution in [3.8, 4) is 0 Å². The van der Waals surface area contributed by atoms with Gasteiger partial charge in [0.05, 0.1) is 20.0 Å². The Morgan fingerprint density at radius 1 is 1.40 bits per heavy atom. The number of hydrogen-bond donors (Lipinski definition) is 1. The maximum Gasteiger partial charge on any atom is 0.306 e. The summed E-state index contributed by atoms with van der Waals surface area (Å²) in [4.78, 5) is 20.0. The molecule has 0 spiro atoms. The van der Waals surface area contributed by atoms with Crippen LogP contribution in [0.4, 0.5) is 0 Å². The highest BCUT2D eigenvalue weighted by Gasteiger charge is 2.02. The normalized spacial score (nSPS) is 7.70. The highest BCUT2D eigenvalue weighted by Crippen LogP contribution is 1.89. The van der Waals surface area contributed by atoms with E-state index in [-0.39, 0.29) is 25.2 Å². The summed E-state index contributed by atoms with van der Waals surface area (Å²) >= 11 is 0. The molecule has 0 heterocycles. The number of aliphatic carboxylic acids is 1. The first kappa shape index (κ1) is 12.0. The summed E-state index contributed by atoms with van der Waals surface area (Å²) < 4.78 is 4.20. The Bertz CT molecular complexity index is 123. The zero-order valence-electron chi connectivity index (χ0n) is 5.49. The molecule has 0 saturated heterocycles. The summed E-state index contributed by atoms with van der Waals surface area (Å²) in [7, 11) is 1.23. The van der Waals surface area contributed by atoms with Gasteiger partial charge in [-0.15, -0.1) is 12.4 Å². The average molecular weight is 169 g/mol. The van der Waals surface area contributed by atoms with Crippen molar-refractivity contribution < 1.29 is 19.4 Å². The van der Waals surface area contributed by atoms with E-state index < -0.39 is 11.9 Å². The molecule has 0 aromatic rings. The van der Waals surface area contributed by atoms with E-state index in [1.807, 2.05) is 0 Å². The molecular formula is C5H9ClO4. The Labute approximate surface area is 64.6 Å². The molecule has 0 aliphatic carbocycles. The van der Waals surface area contributed by atoms with E-state index in [1.54, 1.807) is 0 Å². The minimum absolute atomic E-state index is 0. The maximum atomic E-state index is 10.2. The molecule has 0 saturated carbocycles. The molecule has 0 fully saturated rings. The molecule has 0 aromatic carbocycles. The summed E-state index contributed by atoms with van der Waals surface area (Å²) in [5, 5.41) is 8.05. The lowest BCUT2D eigenvalue weighted by Crippen LogP contribution is -2.04. The van der Waals surface area contributed by atoms with Gasteiger partial charge in [-0.1, -0.05) is 0 Å². The molecule has 0 aliphatic heterocycles. The predicted octanol–water partition coefficient (Wildman–Crippen LogP) is 0.446. The van der Waals surface area contributed by atoms with Gasteiger partial charge >= 0.3 is 11.9 Å². The molecule has 10 heavy (non-hydrogen) atoms. The van der Waals surface area contributed by atoms with Crippen LogP contribution in [0.3, 0.4) is 0 Å². The number of halogens is 1. The number of carbonyl (C=O) groups is 2. The summed E-state index contributed by atoms with van der Waals surface area (Å²) in [5.41, 5.74) is 0. The first-order valence-corrected chi connectivity index (χ1v) is 2.45. The molecule has 0 radical (unpaired) electrons. The topological polar surface area (TPSA) is 63.6 Å². The Kier molecular flexibility index (Phi) is 7.60. The molecule has 60 valence electrons. The number of ether oxygens (including phenoxy) is 1. The minimum atomic E-state index is -0.986. The Morgan fingerprint density at radius 3 is 2.20 bits per heavy atom. The van der Waals surface area contributed by atoms with E-state index >= 15 is 0 Å². The van der Waals surface area contributed by atoms with Crippen molar-refractivity contribution in [3.05, 3.63) is 0 Å². The lowest BCUT2D eigenvalue weighted by molar-refractivity contribution is -0.145. The zero-order valence-corrected chi connectivity index (χ0v) is 6.31. The lowest BCUT2D eigenvalue weighted by atomic mass is 10.3. The van der Waals surface area contributed by atoms with Gasteiger partial charge in [-0.25, -0.2) is 0 Å². The van der Waals surface area contributed by atoms with Crippen molar-refractivity contribution in [3.63, 3.8) is 0 Å². The van der Waals surface area contributed by atoms with E-state index in [0.717, 1.165) is 0 Å². The van der Waals surface area contributed by atoms with Crippen molar-refractivity contribution in [2.24, 2.45) is 0 Å². The number of esters is 1. The Morgan fingerprint density at radius 2 is 1.90 bits per heavy atom. The average Bonchev–Trinajstić information content (AvgIpc) is 1.83. The van der Waals surface area contributed by atoms with Crippen LogP contribution in [0.2, 0.25) is 0 Å². The number of methoxy groups -OCH3 is 1. The van der Waals surface area contributed by atoms with Gasteiger partial charge in [0.2, 0.25) is 0 Å². The van der Waals surface area contributed by atoms with Gasteiger partial charge in [-0.2, -0.15) is 0 Å². The Balaban J connectivity index is 0. The van der Waals surface area contributed by atoms with Crippen molar-refractivity contribution in [2.75, 3.05) is 7.11 Å². The van der Waals surface area contributed by atoms with Gasteiger partial charge in [0.15, 0.2) is 0 Å². The van der Waals surface area contributed by atoms with Crippen LogP contribution in [0.5, 0.6) is 0 Å². The van der Waals surface area contributed by atoms with Crippen LogP contribution in [0.25, 0.3) is 0 Å². The minimum Gasteiger partial charge on any atom is -0.481 e. The molecule has 0 bridgehead atoms. The molecule has 0 aliphatic rings. The van der Waals surface area contributed by atoms with Crippen LogP contribution in [0.1, 0.15) is 12.8 Å². The van der Waals surface area contributed by atoms with Crippen LogP contribution < -0.4 is 0 Å². The molecule has 0 rings (SSSR count). The number of carbonyl (C=O) groups excluding carboxylic acids is 1. The monoisotopic (exact) mass is 168 g/mol. The van der Waals surface area contributed by atoms with Crippen molar-refractivity contribution >= 4 is 24.3 Å². The second kappa shape index (κ2) is 6.35. The second-order valence-electron chi connectivity index (χ2n) is 1.47. The first-order valence-electron chi connectivity index (χ1n) is 2.45. The number of rotatable bonds is 3. The third kappa shape index (κ3) is 7.23. The quantitative estimate of drug-likeness (QED) is 0.622. The van der Waals surface area contributed by atoms with E-state index in [2.05, 4.69) is 4.74 Å². The van der Waals surface area contributed by atoms with Crippen LogP contribution >= 0.6 is 12.4 Å². The van der Waals surface area contributed by atoms with Gasteiger partial charge in [-0.3, -0.25) is 9.59 Å². The van der Waals surface area contributed by atoms with Crippen LogP contribution in [-0.2, 0) is 14.3 Å². The van der Waals surface area contributed by atoms with Gasteiger partial charge in [0, 0.05) is 0 Å². The van der Waals surface area contributed by atoms with Crippen LogP contribution in [-0.4, -0.2) is 24.2 Å². The fourth-order valence-electron chi connectivity index (χ4n) is 0.311. The highest BCUT2D eigenvalue weighted by atomic mass is 35.5. The number of carboxylic acid groups (broad SMARTS) is 1. The molecule has 0 amide bonds. The van der Waals surface area contributed by atoms with Gasteiger partial charge in [0.25, 0.3) is 0 Å². The second-order valence-corrected chi connectivity index (χ2v) is 1.47. The number of carboxylic acids is 1. The third-order valence-electron chi connectivity index (χ3n) is 0.771. The van der Waals surface area contributed by atoms with Gasteiger partial charge in [0.1, 0.15) is 0 Å².